The lowest BCUT2D eigenvalue weighted by Gasteiger charge is -2.37. The van der Waals surface area contributed by atoms with Crippen molar-refractivity contribution in [2.45, 2.75) is 59.0 Å². The molecule has 2 heteroatoms. The fourth-order valence-electron chi connectivity index (χ4n) is 6.05. The van der Waals surface area contributed by atoms with Crippen molar-refractivity contribution in [1.82, 2.24) is 0 Å². The first kappa shape index (κ1) is 14.8. The molecule has 0 saturated heterocycles. The molecule has 4 aliphatic rings. The predicted octanol–water partition coefficient (Wildman–Crippen LogP) is 4.45. The van der Waals surface area contributed by atoms with Crippen LogP contribution in [0.3, 0.4) is 0 Å². The predicted molar refractivity (Wildman–Crippen MR) is 87.0 cm³/mol. The highest BCUT2D eigenvalue weighted by molar-refractivity contribution is 5.70. The molecule has 7 atom stereocenters. The van der Waals surface area contributed by atoms with E-state index >= 15 is 0 Å². The summed E-state index contributed by atoms with van der Waals surface area (Å²) < 4.78 is 5.79. The Balaban J connectivity index is 1.40. The number of esters is 1. The zero-order valence-electron chi connectivity index (χ0n) is 14.4. The van der Waals surface area contributed by atoms with Gasteiger partial charge in [0.2, 0.25) is 0 Å². The smallest absolute Gasteiger partial charge is 0.306 e. The molecule has 0 amide bonds. The summed E-state index contributed by atoms with van der Waals surface area (Å²) in [4.78, 5) is 12.4. The molecule has 0 heterocycles. The zero-order valence-corrected chi connectivity index (χ0v) is 14.4. The van der Waals surface area contributed by atoms with E-state index in [9.17, 15) is 4.79 Å². The Hall–Kier alpha value is -0.790. The van der Waals surface area contributed by atoms with Gasteiger partial charge in [0.1, 0.15) is 5.60 Å². The van der Waals surface area contributed by atoms with Crippen molar-refractivity contribution in [1.29, 1.82) is 0 Å². The number of ether oxygens (including phenoxy) is 1. The highest BCUT2D eigenvalue weighted by Gasteiger charge is 2.61. The second-order valence-electron chi connectivity index (χ2n) is 9.19. The Labute approximate surface area is 134 Å². The van der Waals surface area contributed by atoms with Gasteiger partial charge in [0, 0.05) is 6.42 Å². The maximum absolute atomic E-state index is 12.4. The third-order valence-corrected chi connectivity index (χ3v) is 7.60. The minimum atomic E-state index is -0.341. The maximum Gasteiger partial charge on any atom is 0.306 e. The average molecular weight is 302 g/mol. The van der Waals surface area contributed by atoms with Crippen LogP contribution in [0.1, 0.15) is 53.4 Å². The molecule has 0 aromatic heterocycles. The Bertz CT molecular complexity index is 504. The molecule has 2 nitrogen and oxygen atoms in total. The van der Waals surface area contributed by atoms with Crippen LogP contribution in [0.2, 0.25) is 0 Å². The Morgan fingerprint density at radius 2 is 1.82 bits per heavy atom. The molecule has 4 bridgehead atoms. The van der Waals surface area contributed by atoms with Crippen molar-refractivity contribution >= 4 is 5.97 Å². The maximum atomic E-state index is 12.4. The van der Waals surface area contributed by atoms with Crippen molar-refractivity contribution in [2.24, 2.45) is 47.3 Å². The van der Waals surface area contributed by atoms with E-state index in [1.54, 1.807) is 0 Å². The quantitative estimate of drug-likeness (QED) is 0.436. The van der Waals surface area contributed by atoms with E-state index in [1.807, 2.05) is 13.8 Å². The minimum absolute atomic E-state index is 0.0338. The first-order valence-electron chi connectivity index (χ1n) is 9.27. The summed E-state index contributed by atoms with van der Waals surface area (Å²) in [6.45, 7) is 8.31. The highest BCUT2D eigenvalue weighted by Crippen LogP contribution is 2.67. The van der Waals surface area contributed by atoms with Gasteiger partial charge in [-0.25, -0.2) is 0 Å². The van der Waals surface area contributed by atoms with Crippen LogP contribution in [0.25, 0.3) is 0 Å². The number of rotatable bonds is 4. The molecule has 0 aliphatic heterocycles. The summed E-state index contributed by atoms with van der Waals surface area (Å²) in [7, 11) is 0. The van der Waals surface area contributed by atoms with Crippen LogP contribution in [0, 0.1) is 47.3 Å². The largest absolute Gasteiger partial charge is 0.459 e. The van der Waals surface area contributed by atoms with Gasteiger partial charge in [0.25, 0.3) is 0 Å². The first-order chi connectivity index (χ1) is 10.4. The van der Waals surface area contributed by atoms with E-state index in [-0.39, 0.29) is 11.6 Å². The molecule has 3 saturated carbocycles. The van der Waals surface area contributed by atoms with E-state index in [0.29, 0.717) is 18.3 Å². The van der Waals surface area contributed by atoms with Gasteiger partial charge in [0.15, 0.2) is 0 Å². The van der Waals surface area contributed by atoms with Gasteiger partial charge in [-0.2, -0.15) is 0 Å². The Morgan fingerprint density at radius 3 is 2.50 bits per heavy atom. The standard InChI is InChI=1S/C20H30O2/c1-11(2)20(3,4)22-17(21)10-14-8-15-9-16(14)19-13-6-5-12(7-13)18(15)19/h5-6,11-16,18-19H,7-10H2,1-4H3. The zero-order chi connectivity index (χ0) is 15.6. The summed E-state index contributed by atoms with van der Waals surface area (Å²) in [6, 6.07) is 0. The van der Waals surface area contributed by atoms with Crippen LogP contribution in [0.4, 0.5) is 0 Å². The molecule has 4 aliphatic carbocycles. The van der Waals surface area contributed by atoms with Crippen LogP contribution in [0.5, 0.6) is 0 Å². The van der Waals surface area contributed by atoms with E-state index < -0.39 is 0 Å². The Morgan fingerprint density at radius 1 is 1.14 bits per heavy atom. The van der Waals surface area contributed by atoms with E-state index in [0.717, 1.165) is 35.5 Å². The third-order valence-electron chi connectivity index (χ3n) is 7.60. The number of allylic oxidation sites excluding steroid dienone is 2. The van der Waals surface area contributed by atoms with Gasteiger partial charge in [-0.15, -0.1) is 0 Å². The van der Waals surface area contributed by atoms with Crippen LogP contribution in [-0.4, -0.2) is 11.6 Å². The van der Waals surface area contributed by atoms with Crippen LogP contribution in [0.15, 0.2) is 12.2 Å². The van der Waals surface area contributed by atoms with Gasteiger partial charge in [-0.05, 0) is 80.5 Å². The average Bonchev–Trinajstić information content (AvgIpc) is 3.15. The molecule has 0 aromatic rings. The summed E-state index contributed by atoms with van der Waals surface area (Å²) >= 11 is 0. The van der Waals surface area contributed by atoms with Gasteiger partial charge in [-0.3, -0.25) is 4.79 Å². The first-order valence-corrected chi connectivity index (χ1v) is 9.27. The molecule has 4 rings (SSSR count). The lowest BCUT2D eigenvalue weighted by molar-refractivity contribution is -0.162. The number of fused-ring (bicyclic) bond motifs is 9. The van der Waals surface area contributed by atoms with E-state index in [4.69, 9.17) is 4.74 Å². The SMILES string of the molecule is CC(C)C(C)(C)OC(=O)CC1CC2CC1C1C3C=CC(C3)C21. The van der Waals surface area contributed by atoms with Crippen molar-refractivity contribution in [3.8, 4) is 0 Å². The van der Waals surface area contributed by atoms with Gasteiger partial charge >= 0.3 is 5.97 Å². The van der Waals surface area contributed by atoms with Crippen LogP contribution in [-0.2, 0) is 9.53 Å². The fraction of sp³-hybridized carbons (Fsp3) is 0.850. The van der Waals surface area contributed by atoms with Crippen molar-refractivity contribution in [3.05, 3.63) is 12.2 Å². The number of carbonyl (C=O) groups excluding carboxylic acids is 1. The second-order valence-corrected chi connectivity index (χ2v) is 9.19. The normalized spacial score (nSPS) is 44.9. The highest BCUT2D eigenvalue weighted by atomic mass is 16.6. The van der Waals surface area contributed by atoms with Crippen LogP contribution < -0.4 is 0 Å². The molecule has 0 radical (unpaired) electrons. The summed E-state index contributed by atoms with van der Waals surface area (Å²) in [5.74, 6) is 6.23. The number of hydrogen-bond acceptors (Lipinski definition) is 2. The van der Waals surface area contributed by atoms with E-state index in [1.165, 1.54) is 19.3 Å². The van der Waals surface area contributed by atoms with Gasteiger partial charge in [-0.1, -0.05) is 26.0 Å². The monoisotopic (exact) mass is 302 g/mol. The summed E-state index contributed by atoms with van der Waals surface area (Å²) in [5.41, 5.74) is -0.341. The second kappa shape index (κ2) is 4.85. The lowest BCUT2D eigenvalue weighted by Crippen LogP contribution is -2.36. The molecule has 0 N–H and O–H groups in total. The van der Waals surface area contributed by atoms with Gasteiger partial charge in [0.05, 0.1) is 0 Å². The molecule has 122 valence electrons. The molecule has 7 unspecified atom stereocenters. The summed E-state index contributed by atoms with van der Waals surface area (Å²) in [5, 5.41) is 0. The molecule has 0 spiro atoms. The topological polar surface area (TPSA) is 26.3 Å². The number of carbonyl (C=O) groups is 1. The van der Waals surface area contributed by atoms with Crippen molar-refractivity contribution in [3.63, 3.8) is 0 Å². The molecular weight excluding hydrogens is 272 g/mol. The summed E-state index contributed by atoms with van der Waals surface area (Å²) in [6.07, 6.45) is 9.68. The molecular formula is C20H30O2. The Kier molecular flexibility index (Phi) is 3.26. The minimum Gasteiger partial charge on any atom is -0.459 e. The number of hydrogen-bond donors (Lipinski definition) is 0. The van der Waals surface area contributed by atoms with E-state index in [2.05, 4.69) is 26.0 Å². The molecule has 0 aromatic carbocycles. The molecule has 3 fully saturated rings. The van der Waals surface area contributed by atoms with Gasteiger partial charge < -0.3 is 4.74 Å². The third kappa shape index (κ3) is 2.09. The van der Waals surface area contributed by atoms with Crippen molar-refractivity contribution < 1.29 is 9.53 Å². The van der Waals surface area contributed by atoms with Crippen molar-refractivity contribution in [2.75, 3.05) is 0 Å². The fourth-order valence-corrected chi connectivity index (χ4v) is 6.05. The van der Waals surface area contributed by atoms with Crippen LogP contribution >= 0.6 is 0 Å². The lowest BCUT2D eigenvalue weighted by atomic mass is 9.69. The molecule has 22 heavy (non-hydrogen) atoms.